The maximum absolute atomic E-state index is 11.7. The lowest BCUT2D eigenvalue weighted by Gasteiger charge is -2.46. The third-order valence-electron chi connectivity index (χ3n) is 4.14. The molecule has 0 spiro atoms. The lowest BCUT2D eigenvalue weighted by atomic mass is 9.77. The number of piperidine rings is 2. The first kappa shape index (κ1) is 10.2. The normalized spacial score (nSPS) is 38.3. The van der Waals surface area contributed by atoms with Crippen LogP contribution in [0.4, 0.5) is 0 Å². The van der Waals surface area contributed by atoms with Gasteiger partial charge in [-0.05, 0) is 32.7 Å². The van der Waals surface area contributed by atoms with Crippen LogP contribution in [0, 0.1) is 5.92 Å². The van der Waals surface area contributed by atoms with Crippen molar-refractivity contribution in [3.63, 3.8) is 0 Å². The summed E-state index contributed by atoms with van der Waals surface area (Å²) in [6, 6.07) is 1.39. The third kappa shape index (κ3) is 1.72. The van der Waals surface area contributed by atoms with Crippen molar-refractivity contribution in [2.24, 2.45) is 5.92 Å². The summed E-state index contributed by atoms with van der Waals surface area (Å²) in [5.74, 6) is 0.876. The first-order valence-electron chi connectivity index (χ1n) is 5.97. The summed E-state index contributed by atoms with van der Waals surface area (Å²) < 4.78 is 0. The zero-order valence-corrected chi connectivity index (χ0v) is 9.33. The molecule has 2 rings (SSSR count). The molecule has 0 aliphatic carbocycles. The molecule has 2 saturated heterocycles. The number of Topliss-reactive ketones (excluding diaryl/α,β-unsaturated/α-hetero) is 1. The molecule has 0 aromatic heterocycles. The van der Waals surface area contributed by atoms with E-state index < -0.39 is 0 Å². The molecule has 0 N–H and O–H groups in total. The molecule has 0 amide bonds. The first-order chi connectivity index (χ1) is 6.72. The highest BCUT2D eigenvalue weighted by molar-refractivity contribution is 5.80. The standard InChI is InChI=1S/C12H21NO/c1-3-12(14)9-7-10-5-4-6-11(8-9)13(10)2/h9-11H,3-8H2,1-2H3. The fraction of sp³-hybridized carbons (Fsp3) is 0.917. The van der Waals surface area contributed by atoms with Gasteiger partial charge in [0.2, 0.25) is 0 Å². The Morgan fingerprint density at radius 2 is 1.86 bits per heavy atom. The maximum atomic E-state index is 11.7. The van der Waals surface area contributed by atoms with Crippen molar-refractivity contribution in [2.45, 2.75) is 57.5 Å². The number of rotatable bonds is 2. The van der Waals surface area contributed by atoms with Gasteiger partial charge in [0.1, 0.15) is 5.78 Å². The van der Waals surface area contributed by atoms with E-state index in [1.165, 1.54) is 19.3 Å². The third-order valence-corrected chi connectivity index (χ3v) is 4.14. The van der Waals surface area contributed by atoms with Gasteiger partial charge in [-0.25, -0.2) is 0 Å². The zero-order chi connectivity index (χ0) is 10.1. The number of ketones is 1. The summed E-state index contributed by atoms with van der Waals surface area (Å²) >= 11 is 0. The number of carbonyl (C=O) groups excluding carboxylic acids is 1. The lowest BCUT2D eigenvalue weighted by molar-refractivity contribution is -0.126. The number of nitrogens with zero attached hydrogens (tertiary/aromatic N) is 1. The number of hydrogen-bond donors (Lipinski definition) is 0. The molecule has 2 aliphatic rings. The van der Waals surface area contributed by atoms with E-state index in [2.05, 4.69) is 11.9 Å². The molecule has 2 bridgehead atoms. The van der Waals surface area contributed by atoms with Crippen LogP contribution in [0.2, 0.25) is 0 Å². The van der Waals surface area contributed by atoms with Gasteiger partial charge >= 0.3 is 0 Å². The molecule has 2 unspecified atom stereocenters. The average Bonchev–Trinajstić information content (AvgIpc) is 2.16. The van der Waals surface area contributed by atoms with Crippen LogP contribution in [0.25, 0.3) is 0 Å². The van der Waals surface area contributed by atoms with E-state index in [4.69, 9.17) is 0 Å². The van der Waals surface area contributed by atoms with E-state index >= 15 is 0 Å². The van der Waals surface area contributed by atoms with Crippen LogP contribution in [-0.2, 0) is 4.79 Å². The quantitative estimate of drug-likeness (QED) is 0.673. The molecule has 2 heterocycles. The molecule has 2 nitrogen and oxygen atoms in total. The minimum atomic E-state index is 0.381. The molecule has 0 aromatic carbocycles. The Morgan fingerprint density at radius 1 is 1.29 bits per heavy atom. The van der Waals surface area contributed by atoms with Gasteiger partial charge in [-0.1, -0.05) is 13.3 Å². The van der Waals surface area contributed by atoms with Crippen LogP contribution >= 0.6 is 0 Å². The molecule has 0 aromatic rings. The molecule has 80 valence electrons. The smallest absolute Gasteiger partial charge is 0.135 e. The Kier molecular flexibility index (Phi) is 2.91. The van der Waals surface area contributed by atoms with Gasteiger partial charge in [0.25, 0.3) is 0 Å². The number of fused-ring (bicyclic) bond motifs is 2. The van der Waals surface area contributed by atoms with E-state index in [0.717, 1.165) is 19.3 Å². The predicted octanol–water partition coefficient (Wildman–Crippen LogP) is 2.23. The highest BCUT2D eigenvalue weighted by atomic mass is 16.1. The van der Waals surface area contributed by atoms with Crippen molar-refractivity contribution in [3.8, 4) is 0 Å². The molecule has 2 heteroatoms. The van der Waals surface area contributed by atoms with Gasteiger partial charge < -0.3 is 4.90 Å². The van der Waals surface area contributed by atoms with Crippen LogP contribution in [-0.4, -0.2) is 29.8 Å². The Balaban J connectivity index is 2.03. The van der Waals surface area contributed by atoms with E-state index in [-0.39, 0.29) is 0 Å². The topological polar surface area (TPSA) is 20.3 Å². The SMILES string of the molecule is CCC(=O)C1CC2CCCC(C1)N2C. The van der Waals surface area contributed by atoms with Crippen molar-refractivity contribution in [2.75, 3.05) is 7.05 Å². The van der Waals surface area contributed by atoms with Gasteiger partial charge in [0.05, 0.1) is 0 Å². The van der Waals surface area contributed by atoms with E-state index in [0.29, 0.717) is 23.8 Å². The van der Waals surface area contributed by atoms with E-state index in [9.17, 15) is 4.79 Å². The lowest BCUT2D eigenvalue weighted by Crippen LogP contribution is -2.50. The van der Waals surface area contributed by atoms with Crippen LogP contribution in [0.3, 0.4) is 0 Å². The molecular formula is C12H21NO. The summed E-state index contributed by atoms with van der Waals surface area (Å²) in [5.41, 5.74) is 0. The fourth-order valence-corrected chi connectivity index (χ4v) is 3.17. The Hall–Kier alpha value is -0.370. The highest BCUT2D eigenvalue weighted by Gasteiger charge is 2.37. The van der Waals surface area contributed by atoms with Gasteiger partial charge in [-0.2, -0.15) is 0 Å². The van der Waals surface area contributed by atoms with Crippen LogP contribution in [0.5, 0.6) is 0 Å². The maximum Gasteiger partial charge on any atom is 0.135 e. The Morgan fingerprint density at radius 3 is 2.36 bits per heavy atom. The van der Waals surface area contributed by atoms with Crippen LogP contribution < -0.4 is 0 Å². The molecule has 2 fully saturated rings. The Bertz CT molecular complexity index is 212. The molecule has 2 atom stereocenters. The van der Waals surface area contributed by atoms with Gasteiger partial charge in [0.15, 0.2) is 0 Å². The first-order valence-corrected chi connectivity index (χ1v) is 5.97. The molecule has 0 radical (unpaired) electrons. The van der Waals surface area contributed by atoms with Crippen molar-refractivity contribution >= 4 is 5.78 Å². The summed E-state index contributed by atoms with van der Waals surface area (Å²) in [7, 11) is 2.24. The van der Waals surface area contributed by atoms with Gasteiger partial charge in [-0.3, -0.25) is 4.79 Å². The van der Waals surface area contributed by atoms with Gasteiger partial charge in [0, 0.05) is 24.4 Å². The van der Waals surface area contributed by atoms with Crippen LogP contribution in [0.15, 0.2) is 0 Å². The minimum absolute atomic E-state index is 0.381. The predicted molar refractivity (Wildman–Crippen MR) is 57.2 cm³/mol. The highest BCUT2D eigenvalue weighted by Crippen LogP contribution is 2.36. The molecule has 14 heavy (non-hydrogen) atoms. The second-order valence-electron chi connectivity index (χ2n) is 4.89. The second kappa shape index (κ2) is 4.01. The zero-order valence-electron chi connectivity index (χ0n) is 9.33. The summed E-state index contributed by atoms with van der Waals surface area (Å²) in [5, 5.41) is 0. The number of carbonyl (C=O) groups is 1. The van der Waals surface area contributed by atoms with Crippen molar-refractivity contribution in [3.05, 3.63) is 0 Å². The summed E-state index contributed by atoms with van der Waals surface area (Å²) in [4.78, 5) is 14.2. The molecule has 0 saturated carbocycles. The second-order valence-corrected chi connectivity index (χ2v) is 4.89. The summed E-state index contributed by atoms with van der Waals surface area (Å²) in [6.45, 7) is 2.00. The van der Waals surface area contributed by atoms with Gasteiger partial charge in [-0.15, -0.1) is 0 Å². The largest absolute Gasteiger partial charge is 0.300 e. The van der Waals surface area contributed by atoms with E-state index in [1.807, 2.05) is 6.92 Å². The van der Waals surface area contributed by atoms with Crippen molar-refractivity contribution in [1.29, 1.82) is 0 Å². The van der Waals surface area contributed by atoms with Crippen molar-refractivity contribution < 1.29 is 4.79 Å². The minimum Gasteiger partial charge on any atom is -0.300 e. The van der Waals surface area contributed by atoms with Crippen LogP contribution in [0.1, 0.15) is 45.4 Å². The van der Waals surface area contributed by atoms with Crippen molar-refractivity contribution in [1.82, 2.24) is 4.90 Å². The number of hydrogen-bond acceptors (Lipinski definition) is 2. The average molecular weight is 195 g/mol. The fourth-order valence-electron chi connectivity index (χ4n) is 3.17. The molecular weight excluding hydrogens is 174 g/mol. The molecule has 2 aliphatic heterocycles. The van der Waals surface area contributed by atoms with E-state index in [1.54, 1.807) is 0 Å². The monoisotopic (exact) mass is 195 g/mol. The Labute approximate surface area is 86.7 Å². The summed E-state index contributed by atoms with van der Waals surface area (Å²) in [6.07, 6.45) is 6.96.